The molecule has 2 rings (SSSR count). The first-order valence-corrected chi connectivity index (χ1v) is 6.96. The van der Waals surface area contributed by atoms with Crippen molar-refractivity contribution in [2.24, 2.45) is 23.7 Å². The number of rotatable bonds is 8. The van der Waals surface area contributed by atoms with Crippen molar-refractivity contribution < 1.29 is 5.11 Å². The Morgan fingerprint density at radius 3 is 1.93 bits per heavy atom. The molecule has 88 valence electrons. The predicted molar refractivity (Wildman–Crippen MR) is 63.7 cm³/mol. The minimum absolute atomic E-state index is 0.406. The predicted octanol–water partition coefficient (Wildman–Crippen LogP) is 3.61. The molecule has 0 aliphatic heterocycles. The van der Waals surface area contributed by atoms with Crippen molar-refractivity contribution in [3.05, 3.63) is 0 Å². The standard InChI is InChI=1S/C14H26O/c1-2-3-4-11-9-12(11)5-6-13-10-14(13)7-8-15/h11-15H,2-10H2,1H3. The summed E-state index contributed by atoms with van der Waals surface area (Å²) >= 11 is 0. The lowest BCUT2D eigenvalue weighted by molar-refractivity contribution is 0.276. The second-order valence-corrected chi connectivity index (χ2v) is 5.74. The number of hydrogen-bond donors (Lipinski definition) is 1. The van der Waals surface area contributed by atoms with E-state index in [0.717, 1.165) is 30.1 Å². The summed E-state index contributed by atoms with van der Waals surface area (Å²) in [7, 11) is 0. The van der Waals surface area contributed by atoms with E-state index in [9.17, 15) is 0 Å². The lowest BCUT2D eigenvalue weighted by atomic mass is 10.1. The number of aliphatic hydroxyl groups is 1. The lowest BCUT2D eigenvalue weighted by Crippen LogP contribution is -1.90. The van der Waals surface area contributed by atoms with Gasteiger partial charge in [0.1, 0.15) is 0 Å². The fourth-order valence-electron chi connectivity index (χ4n) is 3.10. The topological polar surface area (TPSA) is 20.2 Å². The third-order valence-electron chi connectivity index (χ3n) is 4.47. The highest BCUT2D eigenvalue weighted by Gasteiger charge is 2.40. The maximum Gasteiger partial charge on any atom is 0.0433 e. The molecule has 1 N–H and O–H groups in total. The molecule has 0 aromatic heterocycles. The quantitative estimate of drug-likeness (QED) is 0.649. The average molecular weight is 210 g/mol. The van der Waals surface area contributed by atoms with Gasteiger partial charge in [-0.05, 0) is 55.8 Å². The zero-order chi connectivity index (χ0) is 10.7. The lowest BCUT2D eigenvalue weighted by Gasteiger charge is -2.00. The second kappa shape index (κ2) is 5.34. The van der Waals surface area contributed by atoms with E-state index in [-0.39, 0.29) is 0 Å². The first-order chi connectivity index (χ1) is 7.35. The SMILES string of the molecule is CCCCC1CC1CCC1CC1CCO. The van der Waals surface area contributed by atoms with E-state index >= 15 is 0 Å². The van der Waals surface area contributed by atoms with Gasteiger partial charge in [-0.3, -0.25) is 0 Å². The molecule has 0 bridgehead atoms. The molecule has 0 aromatic rings. The molecule has 1 nitrogen and oxygen atoms in total. The summed E-state index contributed by atoms with van der Waals surface area (Å²) in [6, 6.07) is 0. The van der Waals surface area contributed by atoms with Crippen molar-refractivity contribution in [3.8, 4) is 0 Å². The molecule has 0 spiro atoms. The van der Waals surface area contributed by atoms with Crippen LogP contribution in [0.3, 0.4) is 0 Å². The molecule has 2 fully saturated rings. The van der Waals surface area contributed by atoms with Crippen LogP contribution in [0.4, 0.5) is 0 Å². The Morgan fingerprint density at radius 2 is 1.40 bits per heavy atom. The molecule has 4 unspecified atom stereocenters. The van der Waals surface area contributed by atoms with Crippen LogP contribution in [0.2, 0.25) is 0 Å². The van der Waals surface area contributed by atoms with E-state index in [4.69, 9.17) is 5.11 Å². The smallest absolute Gasteiger partial charge is 0.0433 e. The maximum atomic E-state index is 8.82. The molecular formula is C14H26O. The summed E-state index contributed by atoms with van der Waals surface area (Å²) in [6.45, 7) is 2.70. The third kappa shape index (κ3) is 3.48. The van der Waals surface area contributed by atoms with Crippen LogP contribution in [0.1, 0.15) is 58.3 Å². The van der Waals surface area contributed by atoms with Crippen LogP contribution in [0.5, 0.6) is 0 Å². The van der Waals surface area contributed by atoms with E-state index in [0.29, 0.717) is 6.61 Å². The average Bonchev–Trinajstić information content (AvgIpc) is 3.09. The van der Waals surface area contributed by atoms with E-state index in [1.165, 1.54) is 44.9 Å². The first kappa shape index (κ1) is 11.4. The summed E-state index contributed by atoms with van der Waals surface area (Å²) in [5, 5.41) is 8.82. The highest BCUT2D eigenvalue weighted by Crippen LogP contribution is 2.50. The van der Waals surface area contributed by atoms with E-state index in [2.05, 4.69) is 6.92 Å². The second-order valence-electron chi connectivity index (χ2n) is 5.74. The molecule has 2 aliphatic rings. The van der Waals surface area contributed by atoms with Crippen molar-refractivity contribution in [1.29, 1.82) is 0 Å². The van der Waals surface area contributed by atoms with Crippen LogP contribution in [-0.2, 0) is 0 Å². The Kier molecular flexibility index (Phi) is 4.07. The van der Waals surface area contributed by atoms with Crippen molar-refractivity contribution in [2.75, 3.05) is 6.61 Å². The minimum atomic E-state index is 0.406. The minimum Gasteiger partial charge on any atom is -0.396 e. The molecule has 0 saturated heterocycles. The van der Waals surface area contributed by atoms with Crippen molar-refractivity contribution in [1.82, 2.24) is 0 Å². The highest BCUT2D eigenvalue weighted by atomic mass is 16.3. The number of aliphatic hydroxyl groups excluding tert-OH is 1. The Bertz CT molecular complexity index is 190. The van der Waals surface area contributed by atoms with Crippen molar-refractivity contribution in [3.63, 3.8) is 0 Å². The van der Waals surface area contributed by atoms with Gasteiger partial charge in [-0.15, -0.1) is 0 Å². The number of unbranched alkanes of at least 4 members (excludes halogenated alkanes) is 1. The summed E-state index contributed by atoms with van der Waals surface area (Å²) in [4.78, 5) is 0. The highest BCUT2D eigenvalue weighted by molar-refractivity contribution is 4.91. The largest absolute Gasteiger partial charge is 0.396 e. The molecule has 1 heteroatoms. The Morgan fingerprint density at radius 1 is 0.867 bits per heavy atom. The third-order valence-corrected chi connectivity index (χ3v) is 4.47. The van der Waals surface area contributed by atoms with Crippen molar-refractivity contribution in [2.45, 2.75) is 58.3 Å². The number of hydrogen-bond acceptors (Lipinski definition) is 1. The first-order valence-electron chi connectivity index (χ1n) is 6.96. The van der Waals surface area contributed by atoms with Gasteiger partial charge in [0.25, 0.3) is 0 Å². The molecule has 0 radical (unpaired) electrons. The van der Waals surface area contributed by atoms with Crippen LogP contribution >= 0.6 is 0 Å². The van der Waals surface area contributed by atoms with Crippen molar-refractivity contribution >= 4 is 0 Å². The van der Waals surface area contributed by atoms with Crippen LogP contribution in [0, 0.1) is 23.7 Å². The van der Waals surface area contributed by atoms with Gasteiger partial charge < -0.3 is 5.11 Å². The van der Waals surface area contributed by atoms with Gasteiger partial charge in [-0.2, -0.15) is 0 Å². The molecule has 2 aliphatic carbocycles. The van der Waals surface area contributed by atoms with E-state index in [1.807, 2.05) is 0 Å². The van der Waals surface area contributed by atoms with E-state index in [1.54, 1.807) is 0 Å². The van der Waals surface area contributed by atoms with Gasteiger partial charge in [-0.25, -0.2) is 0 Å². The zero-order valence-corrected chi connectivity index (χ0v) is 10.1. The summed E-state index contributed by atoms with van der Waals surface area (Å²) in [5.74, 6) is 4.07. The summed E-state index contributed by atoms with van der Waals surface area (Å²) < 4.78 is 0. The molecule has 15 heavy (non-hydrogen) atoms. The van der Waals surface area contributed by atoms with Gasteiger partial charge in [0.15, 0.2) is 0 Å². The maximum absolute atomic E-state index is 8.82. The van der Waals surface area contributed by atoms with Crippen LogP contribution in [0.15, 0.2) is 0 Å². The normalized spacial score (nSPS) is 38.0. The summed E-state index contributed by atoms with van der Waals surface area (Å²) in [5.41, 5.74) is 0. The Labute approximate surface area is 94.3 Å². The van der Waals surface area contributed by atoms with E-state index < -0.39 is 0 Å². The zero-order valence-electron chi connectivity index (χ0n) is 10.1. The van der Waals surface area contributed by atoms with Crippen LogP contribution in [-0.4, -0.2) is 11.7 Å². The fraction of sp³-hybridized carbons (Fsp3) is 1.00. The molecule has 0 heterocycles. The van der Waals surface area contributed by atoms with Gasteiger partial charge in [0.05, 0.1) is 0 Å². The van der Waals surface area contributed by atoms with Gasteiger partial charge in [0, 0.05) is 6.61 Å². The monoisotopic (exact) mass is 210 g/mol. The molecule has 0 amide bonds. The Balaban J connectivity index is 1.47. The van der Waals surface area contributed by atoms with Crippen LogP contribution in [0.25, 0.3) is 0 Å². The van der Waals surface area contributed by atoms with Gasteiger partial charge in [-0.1, -0.05) is 26.2 Å². The summed E-state index contributed by atoms with van der Waals surface area (Å²) in [6.07, 6.45) is 11.2. The molecular weight excluding hydrogens is 184 g/mol. The fourth-order valence-corrected chi connectivity index (χ4v) is 3.10. The molecule has 2 saturated carbocycles. The van der Waals surface area contributed by atoms with Gasteiger partial charge in [0.2, 0.25) is 0 Å². The Hall–Kier alpha value is -0.0400. The van der Waals surface area contributed by atoms with Gasteiger partial charge >= 0.3 is 0 Å². The van der Waals surface area contributed by atoms with Crippen LogP contribution < -0.4 is 0 Å². The molecule has 4 atom stereocenters. The molecule has 0 aromatic carbocycles.